The number of hydrogen-bond donors (Lipinski definition) is 0. The van der Waals surface area contributed by atoms with E-state index in [1.54, 1.807) is 5.57 Å². The molecule has 11 rings (SSSR count). The van der Waals surface area contributed by atoms with Crippen molar-refractivity contribution in [3.63, 3.8) is 0 Å². The Bertz CT molecular complexity index is 2760. The molecule has 4 aliphatic carbocycles. The van der Waals surface area contributed by atoms with Crippen LogP contribution < -0.4 is 0 Å². The zero-order valence-corrected chi connectivity index (χ0v) is 29.4. The molecular weight excluding hydrogens is 643 g/mol. The second kappa shape index (κ2) is 11.9. The van der Waals surface area contributed by atoms with E-state index in [-0.39, 0.29) is 5.41 Å². The van der Waals surface area contributed by atoms with Crippen LogP contribution in [0.25, 0.3) is 61.2 Å². The van der Waals surface area contributed by atoms with Gasteiger partial charge in [-0.3, -0.25) is 0 Å². The van der Waals surface area contributed by atoms with E-state index in [2.05, 4.69) is 176 Å². The zero-order valence-electron chi connectivity index (χ0n) is 29.4. The van der Waals surface area contributed by atoms with Crippen molar-refractivity contribution < 1.29 is 4.42 Å². The molecule has 4 aliphatic rings. The van der Waals surface area contributed by atoms with Gasteiger partial charge in [0.25, 0.3) is 0 Å². The van der Waals surface area contributed by atoms with Crippen molar-refractivity contribution in [2.24, 2.45) is 11.8 Å². The lowest BCUT2D eigenvalue weighted by Crippen LogP contribution is -2.28. The van der Waals surface area contributed by atoms with Gasteiger partial charge < -0.3 is 4.42 Å². The smallest absolute Gasteiger partial charge is 0.135 e. The minimum absolute atomic E-state index is 0.301. The van der Waals surface area contributed by atoms with Crippen molar-refractivity contribution in [3.8, 4) is 33.6 Å². The molecule has 252 valence electrons. The van der Waals surface area contributed by atoms with E-state index in [0.29, 0.717) is 11.8 Å². The number of aromatic nitrogens is 1. The van der Waals surface area contributed by atoms with Crippen molar-refractivity contribution in [3.05, 3.63) is 204 Å². The van der Waals surface area contributed by atoms with Crippen LogP contribution in [0.5, 0.6) is 0 Å². The van der Waals surface area contributed by atoms with Gasteiger partial charge >= 0.3 is 0 Å². The lowest BCUT2D eigenvalue weighted by molar-refractivity contribution is 0.597. The topological polar surface area (TPSA) is 26.0 Å². The standard InChI is InChI=1S/C51H37NO/c1-2-6-15-33(14-5-1)38-28-47(34-16-7-3-8-17-34)52-48(29-38)36-24-25-49-43(27-36)44-30-42-40-22-11-12-23-45(40)51(39-20-9-4-10-21-39,46(42)31-50(44)53-49)32-37-19-13-18-35-26-41(35)37/h1-5,7-25,27-31,35,41H,6,26,32H2. The summed E-state index contributed by atoms with van der Waals surface area (Å²) in [5, 5.41) is 2.25. The van der Waals surface area contributed by atoms with Crippen molar-refractivity contribution in [2.45, 2.75) is 24.7 Å². The highest BCUT2D eigenvalue weighted by Gasteiger charge is 2.49. The minimum atomic E-state index is -0.301. The molecule has 0 bridgehead atoms. The SMILES string of the molecule is C1=CCC=C(c2cc(-c3ccccc3)nc(-c3ccc4oc5cc6c(cc5c4c3)-c3ccccc3C6(CC3=CC=CC4CC34)c3ccccc3)c2)C=C1. The number of rotatable bonds is 6. The maximum absolute atomic E-state index is 6.77. The number of fused-ring (bicyclic) bond motifs is 7. The summed E-state index contributed by atoms with van der Waals surface area (Å²) in [5.41, 5.74) is 16.2. The van der Waals surface area contributed by atoms with E-state index >= 15 is 0 Å². The van der Waals surface area contributed by atoms with Crippen LogP contribution in [0, 0.1) is 11.8 Å². The van der Waals surface area contributed by atoms with Gasteiger partial charge in [0, 0.05) is 21.9 Å². The molecular formula is C51H37NO. The first-order valence-electron chi connectivity index (χ1n) is 18.9. The Morgan fingerprint density at radius 2 is 1.43 bits per heavy atom. The number of hydrogen-bond acceptors (Lipinski definition) is 2. The summed E-state index contributed by atoms with van der Waals surface area (Å²) in [6, 6.07) is 46.6. The fourth-order valence-electron chi connectivity index (χ4n) is 9.31. The monoisotopic (exact) mass is 679 g/mol. The summed E-state index contributed by atoms with van der Waals surface area (Å²) >= 11 is 0. The maximum atomic E-state index is 6.77. The van der Waals surface area contributed by atoms with Gasteiger partial charge in [-0.2, -0.15) is 0 Å². The molecule has 2 heteroatoms. The van der Waals surface area contributed by atoms with Gasteiger partial charge in [0.1, 0.15) is 11.2 Å². The lowest BCUT2D eigenvalue weighted by Gasteiger charge is -2.34. The molecule has 2 aromatic heterocycles. The van der Waals surface area contributed by atoms with Gasteiger partial charge in [-0.1, -0.05) is 139 Å². The highest BCUT2D eigenvalue weighted by atomic mass is 16.3. The average molecular weight is 680 g/mol. The van der Waals surface area contributed by atoms with Crippen molar-refractivity contribution in [2.75, 3.05) is 0 Å². The molecule has 3 unspecified atom stereocenters. The summed E-state index contributed by atoms with van der Waals surface area (Å²) < 4.78 is 6.77. The average Bonchev–Trinajstić information content (AvgIpc) is 3.95. The molecule has 7 aromatic rings. The van der Waals surface area contributed by atoms with Crippen molar-refractivity contribution in [1.29, 1.82) is 0 Å². The normalized spacial score (nSPS) is 20.8. The molecule has 0 radical (unpaired) electrons. The summed E-state index contributed by atoms with van der Waals surface area (Å²) in [4.78, 5) is 5.26. The lowest BCUT2D eigenvalue weighted by atomic mass is 9.67. The maximum Gasteiger partial charge on any atom is 0.135 e. The molecule has 1 saturated carbocycles. The van der Waals surface area contributed by atoms with Gasteiger partial charge in [-0.25, -0.2) is 4.98 Å². The molecule has 0 aliphatic heterocycles. The number of benzene rings is 5. The van der Waals surface area contributed by atoms with Gasteiger partial charge in [0.05, 0.1) is 16.8 Å². The van der Waals surface area contributed by atoms with E-state index in [1.807, 2.05) is 0 Å². The molecule has 0 N–H and O–H groups in total. The van der Waals surface area contributed by atoms with Crippen LogP contribution in [0.1, 0.15) is 41.5 Å². The number of allylic oxidation sites excluding steroid dienone is 10. The Balaban J connectivity index is 1.10. The summed E-state index contributed by atoms with van der Waals surface area (Å²) in [5.74, 6) is 1.36. The van der Waals surface area contributed by atoms with E-state index in [4.69, 9.17) is 9.40 Å². The summed E-state index contributed by atoms with van der Waals surface area (Å²) in [6.45, 7) is 0. The van der Waals surface area contributed by atoms with Crippen LogP contribution in [0.2, 0.25) is 0 Å². The second-order valence-electron chi connectivity index (χ2n) is 15.0. The molecule has 3 atom stereocenters. The quantitative estimate of drug-likeness (QED) is 0.175. The predicted molar refractivity (Wildman–Crippen MR) is 218 cm³/mol. The number of nitrogens with zero attached hydrogens (tertiary/aromatic N) is 1. The van der Waals surface area contributed by atoms with Crippen LogP contribution in [0.3, 0.4) is 0 Å². The van der Waals surface area contributed by atoms with Crippen molar-refractivity contribution in [1.82, 2.24) is 4.98 Å². The van der Waals surface area contributed by atoms with Crippen LogP contribution >= 0.6 is 0 Å². The molecule has 2 heterocycles. The van der Waals surface area contributed by atoms with Gasteiger partial charge in [0.15, 0.2) is 0 Å². The molecule has 0 saturated heterocycles. The van der Waals surface area contributed by atoms with Gasteiger partial charge in [0.2, 0.25) is 0 Å². The fraction of sp³-hybridized carbons (Fsp3) is 0.118. The second-order valence-corrected chi connectivity index (χ2v) is 15.0. The Labute approximate surface area is 309 Å². The Morgan fingerprint density at radius 1 is 0.642 bits per heavy atom. The van der Waals surface area contributed by atoms with Gasteiger partial charge in [-0.15, -0.1) is 0 Å². The largest absolute Gasteiger partial charge is 0.456 e. The summed E-state index contributed by atoms with van der Waals surface area (Å²) in [6.07, 6.45) is 21.1. The highest BCUT2D eigenvalue weighted by molar-refractivity contribution is 6.09. The third-order valence-corrected chi connectivity index (χ3v) is 12.0. The first-order chi connectivity index (χ1) is 26.2. The van der Waals surface area contributed by atoms with E-state index in [1.165, 1.54) is 45.4 Å². The third-order valence-electron chi connectivity index (χ3n) is 12.0. The molecule has 0 spiro atoms. The summed E-state index contributed by atoms with van der Waals surface area (Å²) in [7, 11) is 0. The van der Waals surface area contributed by atoms with E-state index in [0.717, 1.165) is 57.3 Å². The fourth-order valence-corrected chi connectivity index (χ4v) is 9.31. The number of pyridine rings is 1. The number of furan rings is 1. The van der Waals surface area contributed by atoms with Crippen LogP contribution in [-0.4, -0.2) is 4.98 Å². The Morgan fingerprint density at radius 3 is 2.32 bits per heavy atom. The van der Waals surface area contributed by atoms with E-state index in [9.17, 15) is 0 Å². The molecule has 5 aromatic carbocycles. The Kier molecular flexibility index (Phi) is 6.82. The van der Waals surface area contributed by atoms with Crippen LogP contribution in [0.4, 0.5) is 0 Å². The predicted octanol–water partition coefficient (Wildman–Crippen LogP) is 13.1. The first-order valence-corrected chi connectivity index (χ1v) is 18.9. The Hall–Kier alpha value is -6.25. The van der Waals surface area contributed by atoms with Crippen LogP contribution in [0.15, 0.2) is 186 Å². The molecule has 0 amide bonds. The zero-order chi connectivity index (χ0) is 34.9. The van der Waals surface area contributed by atoms with Crippen LogP contribution in [-0.2, 0) is 5.41 Å². The van der Waals surface area contributed by atoms with Crippen molar-refractivity contribution >= 4 is 27.5 Å². The molecule has 53 heavy (non-hydrogen) atoms. The van der Waals surface area contributed by atoms with Gasteiger partial charge in [-0.05, 0) is 113 Å². The highest BCUT2D eigenvalue weighted by Crippen LogP contribution is 2.60. The molecule has 1 fully saturated rings. The van der Waals surface area contributed by atoms with E-state index < -0.39 is 0 Å². The third kappa shape index (κ3) is 4.90. The molecule has 2 nitrogen and oxygen atoms in total. The minimum Gasteiger partial charge on any atom is -0.456 e. The first kappa shape index (κ1) is 30.4.